The molecule has 28 heavy (non-hydrogen) atoms. The first-order chi connectivity index (χ1) is 13.0. The van der Waals surface area contributed by atoms with Gasteiger partial charge in [0.2, 0.25) is 0 Å². The van der Waals surface area contributed by atoms with Gasteiger partial charge in [-0.2, -0.15) is 13.2 Å². The predicted molar refractivity (Wildman–Crippen MR) is 93.5 cm³/mol. The van der Waals surface area contributed by atoms with Crippen molar-refractivity contribution in [2.45, 2.75) is 6.18 Å². The lowest BCUT2D eigenvalue weighted by Gasteiger charge is -2.12. The Morgan fingerprint density at radius 3 is 2.36 bits per heavy atom. The number of benzene rings is 2. The normalized spacial score (nSPS) is 11.0. The van der Waals surface area contributed by atoms with Crippen molar-refractivity contribution in [3.8, 4) is 0 Å². The van der Waals surface area contributed by atoms with Crippen molar-refractivity contribution in [1.82, 2.24) is 0 Å². The van der Waals surface area contributed by atoms with Gasteiger partial charge in [0.15, 0.2) is 6.61 Å². The van der Waals surface area contributed by atoms with E-state index >= 15 is 0 Å². The number of nitro groups is 1. The number of nitrogens with one attached hydrogen (secondary N) is 1. The van der Waals surface area contributed by atoms with Crippen LogP contribution in [0.3, 0.4) is 0 Å². The topological polar surface area (TPSA) is 98.5 Å². The molecule has 0 bridgehead atoms. The van der Waals surface area contributed by atoms with E-state index in [-0.39, 0.29) is 22.0 Å². The number of esters is 1. The number of rotatable bonds is 5. The van der Waals surface area contributed by atoms with E-state index in [9.17, 15) is 32.9 Å². The SMILES string of the molecule is O=C(COC(=O)c1ccc([N+](=O)[O-])cc1Cl)Nc1ccc(Cl)c(C(F)(F)F)c1. The lowest BCUT2D eigenvalue weighted by atomic mass is 10.2. The van der Waals surface area contributed by atoms with E-state index in [2.05, 4.69) is 5.32 Å². The van der Waals surface area contributed by atoms with Crippen LogP contribution < -0.4 is 5.32 Å². The Morgan fingerprint density at radius 2 is 1.79 bits per heavy atom. The van der Waals surface area contributed by atoms with E-state index in [4.69, 9.17) is 27.9 Å². The minimum absolute atomic E-state index is 0.203. The summed E-state index contributed by atoms with van der Waals surface area (Å²) in [5, 5.41) is 12.0. The highest BCUT2D eigenvalue weighted by molar-refractivity contribution is 6.33. The van der Waals surface area contributed by atoms with Gasteiger partial charge >= 0.3 is 12.1 Å². The van der Waals surface area contributed by atoms with Crippen molar-refractivity contribution in [2.75, 3.05) is 11.9 Å². The Hall–Kier alpha value is -2.85. The fourth-order valence-corrected chi connectivity index (χ4v) is 2.49. The van der Waals surface area contributed by atoms with Gasteiger partial charge in [0, 0.05) is 17.8 Å². The summed E-state index contributed by atoms with van der Waals surface area (Å²) in [6.45, 7) is -0.823. The van der Waals surface area contributed by atoms with Crippen molar-refractivity contribution in [1.29, 1.82) is 0 Å². The third kappa shape index (κ3) is 5.33. The molecule has 1 amide bonds. The lowest BCUT2D eigenvalue weighted by Crippen LogP contribution is -2.21. The molecule has 0 radical (unpaired) electrons. The number of carbonyl (C=O) groups excluding carboxylic acids is 2. The summed E-state index contributed by atoms with van der Waals surface area (Å²) < 4.78 is 43.1. The quantitative estimate of drug-likeness (QED) is 0.415. The molecular weight excluding hydrogens is 428 g/mol. The summed E-state index contributed by atoms with van der Waals surface area (Å²) in [5.74, 6) is -1.95. The number of carbonyl (C=O) groups is 2. The maximum atomic E-state index is 12.8. The summed E-state index contributed by atoms with van der Waals surface area (Å²) in [6, 6.07) is 5.75. The van der Waals surface area contributed by atoms with Crippen LogP contribution in [0.4, 0.5) is 24.5 Å². The first-order valence-electron chi connectivity index (χ1n) is 7.26. The monoisotopic (exact) mass is 436 g/mol. The number of amides is 1. The summed E-state index contributed by atoms with van der Waals surface area (Å²) in [6.07, 6.45) is -4.71. The Kier molecular flexibility index (Phi) is 6.47. The number of nitro benzene ring substituents is 1. The van der Waals surface area contributed by atoms with Gasteiger partial charge in [-0.1, -0.05) is 23.2 Å². The molecule has 2 aromatic rings. The largest absolute Gasteiger partial charge is 0.452 e. The summed E-state index contributed by atoms with van der Waals surface area (Å²) in [4.78, 5) is 33.6. The van der Waals surface area contributed by atoms with Crippen LogP contribution in [0.15, 0.2) is 36.4 Å². The van der Waals surface area contributed by atoms with E-state index < -0.39 is 40.2 Å². The van der Waals surface area contributed by atoms with Crippen LogP contribution in [0.25, 0.3) is 0 Å². The smallest absolute Gasteiger partial charge is 0.417 e. The van der Waals surface area contributed by atoms with Gasteiger partial charge < -0.3 is 10.1 Å². The second kappa shape index (κ2) is 8.44. The highest BCUT2D eigenvalue weighted by atomic mass is 35.5. The molecule has 148 valence electrons. The second-order valence-corrected chi connectivity index (χ2v) is 6.05. The van der Waals surface area contributed by atoms with E-state index in [1.54, 1.807) is 0 Å². The molecule has 0 fully saturated rings. The average Bonchev–Trinajstić information content (AvgIpc) is 2.60. The predicted octanol–water partition coefficient (Wildman–Crippen LogP) is 4.72. The zero-order chi connectivity index (χ0) is 21.1. The van der Waals surface area contributed by atoms with Crippen LogP contribution in [0, 0.1) is 10.1 Å². The first kappa shape index (κ1) is 21.5. The van der Waals surface area contributed by atoms with Crippen molar-refractivity contribution in [3.63, 3.8) is 0 Å². The zero-order valence-electron chi connectivity index (χ0n) is 13.5. The van der Waals surface area contributed by atoms with Crippen LogP contribution in [-0.2, 0) is 15.7 Å². The molecule has 1 N–H and O–H groups in total. The maximum absolute atomic E-state index is 12.8. The van der Waals surface area contributed by atoms with Crippen molar-refractivity contribution in [2.24, 2.45) is 0 Å². The third-order valence-electron chi connectivity index (χ3n) is 3.27. The molecule has 0 spiro atoms. The van der Waals surface area contributed by atoms with E-state index in [0.717, 1.165) is 30.3 Å². The van der Waals surface area contributed by atoms with Gasteiger partial charge in [0.05, 0.1) is 26.1 Å². The van der Waals surface area contributed by atoms with Crippen molar-refractivity contribution >= 4 is 46.5 Å². The molecule has 0 saturated heterocycles. The number of hydrogen-bond acceptors (Lipinski definition) is 5. The van der Waals surface area contributed by atoms with Gasteiger partial charge in [-0.25, -0.2) is 4.79 Å². The molecule has 12 heteroatoms. The summed E-state index contributed by atoms with van der Waals surface area (Å²) >= 11 is 11.2. The Morgan fingerprint density at radius 1 is 1.11 bits per heavy atom. The average molecular weight is 437 g/mol. The van der Waals surface area contributed by atoms with Crippen LogP contribution >= 0.6 is 23.2 Å². The maximum Gasteiger partial charge on any atom is 0.417 e. The minimum atomic E-state index is -4.71. The van der Waals surface area contributed by atoms with Gasteiger partial charge in [-0.3, -0.25) is 14.9 Å². The number of halogens is 5. The van der Waals surface area contributed by atoms with Crippen LogP contribution in [0.5, 0.6) is 0 Å². The van der Waals surface area contributed by atoms with Gasteiger partial charge in [0.1, 0.15) is 0 Å². The molecule has 7 nitrogen and oxygen atoms in total. The zero-order valence-corrected chi connectivity index (χ0v) is 15.1. The molecule has 0 heterocycles. The van der Waals surface area contributed by atoms with Crippen LogP contribution in [0.1, 0.15) is 15.9 Å². The van der Waals surface area contributed by atoms with Crippen LogP contribution in [0.2, 0.25) is 10.0 Å². The second-order valence-electron chi connectivity index (χ2n) is 5.24. The standard InChI is InChI=1S/C16H9Cl2F3N2O5/c17-12-4-1-8(5-11(12)16(19,20)21)22-14(24)7-28-15(25)10-3-2-9(23(26)27)6-13(10)18/h1-6H,7H2,(H,22,24). The van der Waals surface area contributed by atoms with Crippen molar-refractivity contribution < 1.29 is 32.4 Å². The number of non-ortho nitro benzene ring substituents is 1. The van der Waals surface area contributed by atoms with E-state index in [1.807, 2.05) is 0 Å². The number of alkyl halides is 3. The molecule has 0 aliphatic carbocycles. The molecule has 0 unspecified atom stereocenters. The first-order valence-corrected chi connectivity index (χ1v) is 8.02. The number of nitrogens with zero attached hydrogens (tertiary/aromatic N) is 1. The van der Waals surface area contributed by atoms with Crippen molar-refractivity contribution in [3.05, 3.63) is 67.7 Å². The molecule has 2 aromatic carbocycles. The number of hydrogen-bond donors (Lipinski definition) is 1. The Labute approximate surface area is 165 Å². The molecule has 0 aliphatic heterocycles. The Balaban J connectivity index is 2.01. The molecule has 0 saturated carbocycles. The summed E-state index contributed by atoms with van der Waals surface area (Å²) in [5.41, 5.74) is -1.90. The van der Waals surface area contributed by atoms with Gasteiger partial charge in [-0.15, -0.1) is 0 Å². The number of anilines is 1. The molecule has 0 atom stereocenters. The highest BCUT2D eigenvalue weighted by Gasteiger charge is 2.33. The van der Waals surface area contributed by atoms with E-state index in [0.29, 0.717) is 6.07 Å². The number of ether oxygens (including phenoxy) is 1. The lowest BCUT2D eigenvalue weighted by molar-refractivity contribution is -0.384. The molecule has 0 aromatic heterocycles. The van der Waals surface area contributed by atoms with Gasteiger partial charge in [0.25, 0.3) is 11.6 Å². The van der Waals surface area contributed by atoms with Gasteiger partial charge in [-0.05, 0) is 24.3 Å². The fourth-order valence-electron chi connectivity index (χ4n) is 2.01. The molecule has 2 rings (SSSR count). The molecular formula is C16H9Cl2F3N2O5. The van der Waals surface area contributed by atoms with E-state index in [1.165, 1.54) is 0 Å². The van der Waals surface area contributed by atoms with Crippen LogP contribution in [-0.4, -0.2) is 23.4 Å². The fraction of sp³-hybridized carbons (Fsp3) is 0.125. The third-order valence-corrected chi connectivity index (χ3v) is 3.92. The Bertz CT molecular complexity index is 950. The summed E-state index contributed by atoms with van der Waals surface area (Å²) in [7, 11) is 0. The highest BCUT2D eigenvalue weighted by Crippen LogP contribution is 2.36. The minimum Gasteiger partial charge on any atom is -0.452 e. The molecule has 0 aliphatic rings.